The van der Waals surface area contributed by atoms with E-state index in [-0.39, 0.29) is 24.1 Å². The van der Waals surface area contributed by atoms with E-state index in [9.17, 15) is 14.0 Å². The molecule has 0 radical (unpaired) electrons. The first-order chi connectivity index (χ1) is 11.6. The monoisotopic (exact) mass is 344 g/mol. The minimum atomic E-state index is -0.812. The Hall–Kier alpha value is -2.27. The minimum Gasteiger partial charge on any atom is -0.465 e. The SMILES string of the molecule is CCOC(=O)[C@H]1C(=O)C=C(c2ccc(F)cc2)C[C@H]1c1cccs1. The van der Waals surface area contributed by atoms with Gasteiger partial charge < -0.3 is 4.74 Å². The molecule has 5 heteroatoms. The number of ether oxygens (including phenoxy) is 1. The normalized spacial score (nSPS) is 20.6. The fourth-order valence-corrected chi connectivity index (χ4v) is 3.88. The Morgan fingerprint density at radius 2 is 2.04 bits per heavy atom. The summed E-state index contributed by atoms with van der Waals surface area (Å²) in [4.78, 5) is 25.9. The summed E-state index contributed by atoms with van der Waals surface area (Å²) in [5, 5.41) is 1.93. The molecule has 2 aromatic rings. The van der Waals surface area contributed by atoms with Crippen molar-refractivity contribution in [2.75, 3.05) is 6.61 Å². The van der Waals surface area contributed by atoms with Crippen LogP contribution in [0.1, 0.15) is 29.7 Å². The predicted molar refractivity (Wildman–Crippen MR) is 91.2 cm³/mol. The number of thiophene rings is 1. The van der Waals surface area contributed by atoms with Crippen LogP contribution in [0.2, 0.25) is 0 Å². The molecule has 2 atom stereocenters. The van der Waals surface area contributed by atoms with Crippen molar-refractivity contribution in [3.8, 4) is 0 Å². The zero-order valence-electron chi connectivity index (χ0n) is 13.2. The third kappa shape index (κ3) is 3.31. The maximum absolute atomic E-state index is 13.1. The van der Waals surface area contributed by atoms with E-state index >= 15 is 0 Å². The summed E-state index contributed by atoms with van der Waals surface area (Å²) in [6.45, 7) is 1.97. The summed E-state index contributed by atoms with van der Waals surface area (Å²) in [5.41, 5.74) is 1.62. The molecule has 0 saturated heterocycles. The summed E-state index contributed by atoms with van der Waals surface area (Å²) in [6, 6.07) is 9.90. The van der Waals surface area contributed by atoms with E-state index in [0.29, 0.717) is 6.42 Å². The van der Waals surface area contributed by atoms with Crippen molar-refractivity contribution >= 4 is 28.7 Å². The zero-order valence-corrected chi connectivity index (χ0v) is 14.0. The van der Waals surface area contributed by atoms with Crippen molar-refractivity contribution in [1.82, 2.24) is 0 Å². The molecule has 1 aliphatic rings. The molecule has 0 aliphatic heterocycles. The van der Waals surface area contributed by atoms with Crippen LogP contribution in [-0.4, -0.2) is 18.4 Å². The summed E-state index contributed by atoms with van der Waals surface area (Å²) >= 11 is 1.52. The second-order valence-corrected chi connectivity index (χ2v) is 6.61. The number of carbonyl (C=O) groups excluding carboxylic acids is 2. The molecule has 0 unspecified atom stereocenters. The standard InChI is InChI=1S/C19H17FO3S/c1-2-23-19(22)18-15(17-4-3-9-24-17)10-13(11-16(18)21)12-5-7-14(20)8-6-12/h3-9,11,15,18H,2,10H2,1H3/t15-,18+/m0/s1. The summed E-state index contributed by atoms with van der Waals surface area (Å²) in [5.74, 6) is -2.11. The van der Waals surface area contributed by atoms with Gasteiger partial charge in [-0.1, -0.05) is 18.2 Å². The van der Waals surface area contributed by atoms with Crippen LogP contribution in [-0.2, 0) is 14.3 Å². The number of hydrogen-bond donors (Lipinski definition) is 0. The van der Waals surface area contributed by atoms with Gasteiger partial charge in [0.05, 0.1) is 6.61 Å². The van der Waals surface area contributed by atoms with Crippen molar-refractivity contribution in [3.05, 3.63) is 64.1 Å². The molecule has 0 bridgehead atoms. The largest absolute Gasteiger partial charge is 0.465 e. The molecule has 1 aromatic heterocycles. The van der Waals surface area contributed by atoms with Gasteiger partial charge >= 0.3 is 5.97 Å². The van der Waals surface area contributed by atoms with Gasteiger partial charge in [0.1, 0.15) is 11.7 Å². The molecular weight excluding hydrogens is 327 g/mol. The van der Waals surface area contributed by atoms with Crippen LogP contribution in [0.25, 0.3) is 5.57 Å². The molecule has 124 valence electrons. The molecule has 1 aromatic carbocycles. The Morgan fingerprint density at radius 1 is 1.29 bits per heavy atom. The molecule has 0 amide bonds. The van der Waals surface area contributed by atoms with Crippen LogP contribution in [0.4, 0.5) is 4.39 Å². The van der Waals surface area contributed by atoms with E-state index in [1.54, 1.807) is 19.1 Å². The van der Waals surface area contributed by atoms with E-state index in [1.807, 2.05) is 17.5 Å². The van der Waals surface area contributed by atoms with Crippen LogP contribution in [0.3, 0.4) is 0 Å². The summed E-state index contributed by atoms with van der Waals surface area (Å²) in [7, 11) is 0. The lowest BCUT2D eigenvalue weighted by Gasteiger charge is -2.28. The molecule has 0 saturated carbocycles. The Kier molecular flexibility index (Phi) is 4.90. The van der Waals surface area contributed by atoms with Gasteiger partial charge in [0.25, 0.3) is 0 Å². The van der Waals surface area contributed by atoms with Gasteiger partial charge in [0, 0.05) is 10.8 Å². The first-order valence-electron chi connectivity index (χ1n) is 7.80. The van der Waals surface area contributed by atoms with Gasteiger partial charge in [0.15, 0.2) is 5.78 Å². The first kappa shape index (κ1) is 16.6. The highest BCUT2D eigenvalue weighted by atomic mass is 32.1. The number of hydrogen-bond acceptors (Lipinski definition) is 4. The number of rotatable bonds is 4. The fraction of sp³-hybridized carbons (Fsp3) is 0.263. The Balaban J connectivity index is 1.98. The number of carbonyl (C=O) groups is 2. The molecule has 0 fully saturated rings. The molecular formula is C19H17FO3S. The highest BCUT2D eigenvalue weighted by Crippen LogP contribution is 2.41. The lowest BCUT2D eigenvalue weighted by Crippen LogP contribution is -2.33. The van der Waals surface area contributed by atoms with Crippen LogP contribution >= 0.6 is 11.3 Å². The van der Waals surface area contributed by atoms with Crippen LogP contribution < -0.4 is 0 Å². The van der Waals surface area contributed by atoms with Crippen molar-refractivity contribution in [2.45, 2.75) is 19.3 Å². The lowest BCUT2D eigenvalue weighted by molar-refractivity contribution is -0.151. The summed E-state index contributed by atoms with van der Waals surface area (Å²) < 4.78 is 18.2. The quantitative estimate of drug-likeness (QED) is 0.616. The maximum atomic E-state index is 13.1. The van der Waals surface area contributed by atoms with E-state index < -0.39 is 11.9 Å². The Labute approximate surface area is 143 Å². The Bertz CT molecular complexity index is 762. The van der Waals surface area contributed by atoms with Crippen molar-refractivity contribution in [2.24, 2.45) is 5.92 Å². The van der Waals surface area contributed by atoms with Gasteiger partial charge in [0.2, 0.25) is 0 Å². The van der Waals surface area contributed by atoms with Gasteiger partial charge in [-0.15, -0.1) is 11.3 Å². The van der Waals surface area contributed by atoms with E-state index in [1.165, 1.54) is 29.5 Å². The van der Waals surface area contributed by atoms with E-state index in [4.69, 9.17) is 4.74 Å². The molecule has 0 spiro atoms. The lowest BCUT2D eigenvalue weighted by atomic mass is 9.76. The third-order valence-corrected chi connectivity index (χ3v) is 5.13. The topological polar surface area (TPSA) is 43.4 Å². The molecule has 1 aliphatic carbocycles. The Morgan fingerprint density at radius 3 is 2.67 bits per heavy atom. The second kappa shape index (κ2) is 7.09. The zero-order chi connectivity index (χ0) is 17.1. The average molecular weight is 344 g/mol. The number of halogens is 1. The smallest absolute Gasteiger partial charge is 0.317 e. The molecule has 1 heterocycles. The van der Waals surface area contributed by atoms with Gasteiger partial charge in [-0.25, -0.2) is 4.39 Å². The number of allylic oxidation sites excluding steroid dienone is 2. The van der Waals surface area contributed by atoms with Crippen LogP contribution in [0.5, 0.6) is 0 Å². The average Bonchev–Trinajstić information content (AvgIpc) is 3.09. The highest BCUT2D eigenvalue weighted by molar-refractivity contribution is 7.10. The fourth-order valence-electron chi connectivity index (χ4n) is 3.02. The highest BCUT2D eigenvalue weighted by Gasteiger charge is 2.40. The third-order valence-electron chi connectivity index (χ3n) is 4.13. The second-order valence-electron chi connectivity index (χ2n) is 5.63. The van der Waals surface area contributed by atoms with Crippen molar-refractivity contribution < 1.29 is 18.7 Å². The molecule has 0 N–H and O–H groups in total. The van der Waals surface area contributed by atoms with Crippen molar-refractivity contribution in [3.63, 3.8) is 0 Å². The minimum absolute atomic E-state index is 0.244. The van der Waals surface area contributed by atoms with Gasteiger partial charge in [-0.05, 0) is 54.1 Å². The van der Waals surface area contributed by atoms with Gasteiger partial charge in [-0.2, -0.15) is 0 Å². The number of benzene rings is 1. The molecule has 3 nitrogen and oxygen atoms in total. The maximum Gasteiger partial charge on any atom is 0.317 e. The van der Waals surface area contributed by atoms with Crippen molar-refractivity contribution in [1.29, 1.82) is 0 Å². The first-order valence-corrected chi connectivity index (χ1v) is 8.68. The van der Waals surface area contributed by atoms with Crippen LogP contribution in [0.15, 0.2) is 47.9 Å². The number of ketones is 1. The molecule has 24 heavy (non-hydrogen) atoms. The number of esters is 1. The van der Waals surface area contributed by atoms with Crippen LogP contribution in [0, 0.1) is 11.7 Å². The predicted octanol–water partition coefficient (Wildman–Crippen LogP) is 4.21. The molecule has 3 rings (SSSR count). The van der Waals surface area contributed by atoms with E-state index in [2.05, 4.69) is 0 Å². The van der Waals surface area contributed by atoms with Gasteiger partial charge in [-0.3, -0.25) is 9.59 Å². The summed E-state index contributed by atoms with van der Waals surface area (Å²) in [6.07, 6.45) is 2.04. The van der Waals surface area contributed by atoms with E-state index in [0.717, 1.165) is 16.0 Å².